The number of aliphatic imine (C=N–C) groups is 1. The maximum atomic E-state index is 5.78. The highest BCUT2D eigenvalue weighted by Crippen LogP contribution is 2.24. The van der Waals surface area contributed by atoms with E-state index < -0.39 is 0 Å². The average molecular weight is 403 g/mol. The molecule has 2 aliphatic heterocycles. The molecule has 162 valence electrons. The van der Waals surface area contributed by atoms with Gasteiger partial charge in [0.25, 0.3) is 0 Å². The van der Waals surface area contributed by atoms with Crippen LogP contribution < -0.4 is 10.6 Å². The van der Waals surface area contributed by atoms with Gasteiger partial charge in [-0.3, -0.25) is 9.89 Å². The Kier molecular flexibility index (Phi) is 9.25. The molecule has 2 atom stereocenters. The van der Waals surface area contributed by atoms with Gasteiger partial charge in [-0.25, -0.2) is 0 Å². The molecule has 0 aliphatic carbocycles. The largest absolute Gasteiger partial charge is 0.381 e. The number of benzene rings is 1. The molecule has 29 heavy (non-hydrogen) atoms. The molecule has 0 bridgehead atoms. The first-order chi connectivity index (χ1) is 14.3. The number of hydrogen-bond donors (Lipinski definition) is 2. The van der Waals surface area contributed by atoms with Gasteiger partial charge in [-0.1, -0.05) is 29.8 Å². The van der Waals surface area contributed by atoms with Crippen LogP contribution in [-0.4, -0.2) is 70.5 Å². The van der Waals surface area contributed by atoms with Crippen LogP contribution in [0.2, 0.25) is 0 Å². The lowest BCUT2D eigenvalue weighted by Crippen LogP contribution is -2.43. The number of guanidine groups is 1. The van der Waals surface area contributed by atoms with Crippen LogP contribution in [-0.2, 0) is 9.47 Å². The summed E-state index contributed by atoms with van der Waals surface area (Å²) in [5, 5.41) is 6.96. The highest BCUT2D eigenvalue weighted by molar-refractivity contribution is 5.79. The third kappa shape index (κ3) is 7.28. The Bertz CT molecular complexity index is 608. The van der Waals surface area contributed by atoms with Gasteiger partial charge in [0, 0.05) is 39.3 Å². The van der Waals surface area contributed by atoms with Crippen LogP contribution in [0.1, 0.15) is 42.9 Å². The van der Waals surface area contributed by atoms with Gasteiger partial charge in [0.2, 0.25) is 0 Å². The second kappa shape index (κ2) is 12.2. The molecule has 0 aromatic heterocycles. The Labute approximate surface area is 176 Å². The van der Waals surface area contributed by atoms with E-state index in [1.165, 1.54) is 37.1 Å². The van der Waals surface area contributed by atoms with Crippen molar-refractivity contribution in [1.29, 1.82) is 0 Å². The zero-order valence-corrected chi connectivity index (χ0v) is 18.2. The lowest BCUT2D eigenvalue weighted by molar-refractivity contribution is 0.0888. The van der Waals surface area contributed by atoms with E-state index in [4.69, 9.17) is 9.47 Å². The number of likely N-dealkylation sites (tertiary alicyclic amines) is 1. The second-order valence-electron chi connectivity index (χ2n) is 8.21. The predicted octanol–water partition coefficient (Wildman–Crippen LogP) is 2.74. The fraction of sp³-hybridized carbons (Fsp3) is 0.696. The Hall–Kier alpha value is -1.63. The number of rotatable bonds is 10. The normalized spacial score (nSPS) is 21.4. The van der Waals surface area contributed by atoms with E-state index in [1.807, 2.05) is 7.05 Å². The zero-order chi connectivity index (χ0) is 20.3. The molecular weight excluding hydrogens is 364 g/mol. The van der Waals surface area contributed by atoms with Gasteiger partial charge < -0.3 is 20.1 Å². The Morgan fingerprint density at radius 1 is 1.24 bits per heavy atom. The van der Waals surface area contributed by atoms with Crippen LogP contribution in [0.5, 0.6) is 0 Å². The third-order valence-electron chi connectivity index (χ3n) is 5.87. The summed E-state index contributed by atoms with van der Waals surface area (Å²) in [5.41, 5.74) is 2.69. The van der Waals surface area contributed by atoms with Crippen molar-refractivity contribution >= 4 is 5.96 Å². The van der Waals surface area contributed by atoms with Gasteiger partial charge >= 0.3 is 0 Å². The molecule has 1 aromatic carbocycles. The fourth-order valence-electron chi connectivity index (χ4n) is 4.06. The molecule has 0 spiro atoms. The Morgan fingerprint density at radius 3 is 2.72 bits per heavy atom. The van der Waals surface area contributed by atoms with Crippen molar-refractivity contribution in [2.75, 3.05) is 59.7 Å². The molecule has 2 unspecified atom stereocenters. The summed E-state index contributed by atoms with van der Waals surface area (Å²) in [6.07, 6.45) is 4.69. The first kappa shape index (κ1) is 22.1. The Morgan fingerprint density at radius 2 is 2.03 bits per heavy atom. The second-order valence-corrected chi connectivity index (χ2v) is 8.21. The lowest BCUT2D eigenvalue weighted by atomic mass is 10.0. The SMILES string of the molecule is CN=C(NCCCOCC1CCOC1)NCC(c1ccc(C)cc1)N1CCCC1. The minimum Gasteiger partial charge on any atom is -0.381 e. The predicted molar refractivity (Wildman–Crippen MR) is 118 cm³/mol. The lowest BCUT2D eigenvalue weighted by Gasteiger charge is -2.29. The van der Waals surface area contributed by atoms with E-state index in [1.54, 1.807) is 0 Å². The molecule has 1 aromatic rings. The Balaban J connectivity index is 1.39. The average Bonchev–Trinajstić information content (AvgIpc) is 3.44. The molecule has 2 aliphatic rings. The quantitative estimate of drug-likeness (QED) is 0.358. The van der Waals surface area contributed by atoms with Crippen molar-refractivity contribution in [3.8, 4) is 0 Å². The van der Waals surface area contributed by atoms with Crippen molar-refractivity contribution in [3.63, 3.8) is 0 Å². The van der Waals surface area contributed by atoms with Crippen LogP contribution in [0.25, 0.3) is 0 Å². The van der Waals surface area contributed by atoms with Gasteiger partial charge in [0.15, 0.2) is 5.96 Å². The van der Waals surface area contributed by atoms with Crippen LogP contribution in [0.3, 0.4) is 0 Å². The molecule has 2 N–H and O–H groups in total. The van der Waals surface area contributed by atoms with Gasteiger partial charge in [0.05, 0.1) is 19.3 Å². The topological polar surface area (TPSA) is 58.1 Å². The molecule has 6 nitrogen and oxygen atoms in total. The third-order valence-corrected chi connectivity index (χ3v) is 5.87. The fourth-order valence-corrected chi connectivity index (χ4v) is 4.06. The van der Waals surface area contributed by atoms with Crippen LogP contribution >= 0.6 is 0 Å². The van der Waals surface area contributed by atoms with Gasteiger partial charge in [-0.2, -0.15) is 0 Å². The van der Waals surface area contributed by atoms with E-state index >= 15 is 0 Å². The number of ether oxygens (including phenoxy) is 2. The molecule has 0 amide bonds. The van der Waals surface area contributed by atoms with Crippen LogP contribution in [0, 0.1) is 12.8 Å². The number of aryl methyl sites for hydroxylation is 1. The maximum Gasteiger partial charge on any atom is 0.191 e. The first-order valence-electron chi connectivity index (χ1n) is 11.2. The van der Waals surface area contributed by atoms with Crippen LogP contribution in [0.4, 0.5) is 0 Å². The number of nitrogens with one attached hydrogen (secondary N) is 2. The minimum absolute atomic E-state index is 0.383. The molecular formula is C23H38N4O2. The zero-order valence-electron chi connectivity index (χ0n) is 18.2. The summed E-state index contributed by atoms with van der Waals surface area (Å²) in [7, 11) is 1.84. The highest BCUT2D eigenvalue weighted by Gasteiger charge is 2.23. The standard InChI is InChI=1S/C23H38N4O2/c1-19-6-8-21(9-7-19)22(27-12-3-4-13-27)16-26-23(24-2)25-11-5-14-28-17-20-10-15-29-18-20/h6-9,20,22H,3-5,10-18H2,1-2H3,(H2,24,25,26). The number of hydrogen-bond acceptors (Lipinski definition) is 4. The highest BCUT2D eigenvalue weighted by atomic mass is 16.5. The van der Waals surface area contributed by atoms with Gasteiger partial charge in [-0.15, -0.1) is 0 Å². The van der Waals surface area contributed by atoms with Gasteiger partial charge in [0.1, 0.15) is 0 Å². The monoisotopic (exact) mass is 402 g/mol. The summed E-state index contributed by atoms with van der Waals surface area (Å²) in [4.78, 5) is 6.98. The molecule has 3 rings (SSSR count). The smallest absolute Gasteiger partial charge is 0.191 e. The van der Waals surface area contributed by atoms with E-state index in [2.05, 4.69) is 51.7 Å². The van der Waals surface area contributed by atoms with Crippen molar-refractivity contribution in [2.45, 2.75) is 38.6 Å². The van der Waals surface area contributed by atoms with E-state index in [0.29, 0.717) is 12.0 Å². The molecule has 2 fully saturated rings. The van der Waals surface area contributed by atoms with Crippen molar-refractivity contribution in [2.24, 2.45) is 10.9 Å². The molecule has 0 radical (unpaired) electrons. The van der Waals surface area contributed by atoms with Crippen molar-refractivity contribution in [1.82, 2.24) is 15.5 Å². The summed E-state index contributed by atoms with van der Waals surface area (Å²) in [5.74, 6) is 1.45. The summed E-state index contributed by atoms with van der Waals surface area (Å²) >= 11 is 0. The van der Waals surface area contributed by atoms with Crippen molar-refractivity contribution in [3.05, 3.63) is 35.4 Å². The van der Waals surface area contributed by atoms with E-state index in [0.717, 1.165) is 58.3 Å². The summed E-state index contributed by atoms with van der Waals surface area (Å²) in [6.45, 7) is 9.56. The molecule has 6 heteroatoms. The minimum atomic E-state index is 0.383. The van der Waals surface area contributed by atoms with Gasteiger partial charge in [-0.05, 0) is 51.3 Å². The van der Waals surface area contributed by atoms with Crippen LogP contribution in [0.15, 0.2) is 29.3 Å². The van der Waals surface area contributed by atoms with E-state index in [-0.39, 0.29) is 0 Å². The number of nitrogens with zero attached hydrogens (tertiary/aromatic N) is 2. The van der Waals surface area contributed by atoms with Crippen molar-refractivity contribution < 1.29 is 9.47 Å². The summed E-state index contributed by atoms with van der Waals surface area (Å²) in [6, 6.07) is 9.34. The molecule has 2 heterocycles. The maximum absolute atomic E-state index is 5.78. The first-order valence-corrected chi connectivity index (χ1v) is 11.2. The molecule has 0 saturated carbocycles. The summed E-state index contributed by atoms with van der Waals surface area (Å²) < 4.78 is 11.2. The van der Waals surface area contributed by atoms with E-state index in [9.17, 15) is 0 Å². The molecule has 2 saturated heterocycles.